The van der Waals surface area contributed by atoms with Crippen molar-refractivity contribution in [2.24, 2.45) is 5.41 Å². The van der Waals surface area contributed by atoms with Crippen LogP contribution >= 0.6 is 0 Å². The van der Waals surface area contributed by atoms with Crippen LogP contribution in [0, 0.1) is 5.41 Å². The number of hydrogen-bond donors (Lipinski definition) is 1. The highest BCUT2D eigenvalue weighted by molar-refractivity contribution is 5.85. The molecule has 0 aromatic heterocycles. The predicted octanol–water partition coefficient (Wildman–Crippen LogP) is 2.16. The molecule has 2 heterocycles. The second-order valence-electron chi connectivity index (χ2n) is 8.22. The topological polar surface area (TPSA) is 60.9 Å². The maximum Gasteiger partial charge on any atom is 0.230 e. The number of piperidine rings is 2. The fourth-order valence-electron chi connectivity index (χ4n) is 4.71. The van der Waals surface area contributed by atoms with E-state index in [1.165, 1.54) is 0 Å². The quantitative estimate of drug-likeness (QED) is 0.899. The molecule has 4 rings (SSSR count). The number of amides is 2. The van der Waals surface area contributed by atoms with Gasteiger partial charge in [0.25, 0.3) is 0 Å². The number of hydrogen-bond acceptors (Lipinski definition) is 3. The molecule has 1 spiro atoms. The molecule has 1 aromatic rings. The Labute approximate surface area is 155 Å². The maximum absolute atomic E-state index is 13.1. The van der Waals surface area contributed by atoms with Gasteiger partial charge in [-0.1, -0.05) is 30.3 Å². The van der Waals surface area contributed by atoms with Crippen molar-refractivity contribution >= 4 is 11.8 Å². The van der Waals surface area contributed by atoms with Crippen LogP contribution in [0.3, 0.4) is 0 Å². The van der Waals surface area contributed by atoms with Crippen LogP contribution in [0.5, 0.6) is 0 Å². The van der Waals surface area contributed by atoms with Crippen molar-refractivity contribution in [2.45, 2.75) is 50.5 Å². The second-order valence-corrected chi connectivity index (χ2v) is 8.22. The smallest absolute Gasteiger partial charge is 0.230 e. The molecule has 1 aliphatic carbocycles. The van der Waals surface area contributed by atoms with Crippen molar-refractivity contribution in [3.05, 3.63) is 35.9 Å². The molecule has 3 aliphatic rings. The molecule has 5 nitrogen and oxygen atoms in total. The Bertz CT molecular complexity index is 663. The van der Waals surface area contributed by atoms with E-state index in [1.807, 2.05) is 23.1 Å². The maximum atomic E-state index is 13.1. The highest BCUT2D eigenvalue weighted by Gasteiger charge is 2.49. The lowest BCUT2D eigenvalue weighted by molar-refractivity contribution is -0.145. The van der Waals surface area contributed by atoms with Gasteiger partial charge in [0.2, 0.25) is 11.8 Å². The molecule has 1 N–H and O–H groups in total. The van der Waals surface area contributed by atoms with Gasteiger partial charge in [0.15, 0.2) is 0 Å². The van der Waals surface area contributed by atoms with Crippen LogP contribution < -0.4 is 0 Å². The van der Waals surface area contributed by atoms with Crippen LogP contribution in [0.15, 0.2) is 30.3 Å². The number of benzene rings is 1. The van der Waals surface area contributed by atoms with Gasteiger partial charge in [-0.25, -0.2) is 0 Å². The van der Waals surface area contributed by atoms with E-state index in [1.54, 1.807) is 0 Å². The summed E-state index contributed by atoms with van der Waals surface area (Å²) in [7, 11) is 0. The SMILES string of the molecule is O=C(CCO)N1CCC2(CC1)CC(c1ccccc1)C(=O)N(C1CC1)C2. The average molecular weight is 356 g/mol. The summed E-state index contributed by atoms with van der Waals surface area (Å²) in [5, 5.41) is 9.01. The Morgan fingerprint density at radius 3 is 2.46 bits per heavy atom. The van der Waals surface area contributed by atoms with Crippen LogP contribution in [-0.2, 0) is 9.59 Å². The summed E-state index contributed by atoms with van der Waals surface area (Å²) in [6, 6.07) is 10.6. The molecule has 1 unspecified atom stereocenters. The lowest BCUT2D eigenvalue weighted by atomic mass is 9.67. The zero-order valence-electron chi connectivity index (χ0n) is 15.3. The van der Waals surface area contributed by atoms with Crippen molar-refractivity contribution in [2.75, 3.05) is 26.2 Å². The van der Waals surface area contributed by atoms with Crippen molar-refractivity contribution in [1.82, 2.24) is 9.80 Å². The van der Waals surface area contributed by atoms with Crippen molar-refractivity contribution < 1.29 is 14.7 Å². The van der Waals surface area contributed by atoms with Crippen LogP contribution in [-0.4, -0.2) is 59.0 Å². The van der Waals surface area contributed by atoms with Crippen molar-refractivity contribution in [3.8, 4) is 0 Å². The summed E-state index contributed by atoms with van der Waals surface area (Å²) < 4.78 is 0. The van der Waals surface area contributed by atoms with Gasteiger partial charge in [0.05, 0.1) is 12.5 Å². The van der Waals surface area contributed by atoms with Gasteiger partial charge < -0.3 is 14.9 Å². The normalized spacial score (nSPS) is 25.6. The second kappa shape index (κ2) is 7.03. The zero-order chi connectivity index (χ0) is 18.1. The van der Waals surface area contributed by atoms with Crippen molar-refractivity contribution in [3.63, 3.8) is 0 Å². The number of nitrogens with zero attached hydrogens (tertiary/aromatic N) is 2. The van der Waals surface area contributed by atoms with E-state index in [0.29, 0.717) is 11.9 Å². The van der Waals surface area contributed by atoms with E-state index in [-0.39, 0.29) is 30.3 Å². The van der Waals surface area contributed by atoms with Gasteiger partial charge in [-0.05, 0) is 43.1 Å². The van der Waals surface area contributed by atoms with Crippen LogP contribution in [0.4, 0.5) is 0 Å². The molecule has 2 saturated heterocycles. The molecule has 0 bridgehead atoms. The Morgan fingerprint density at radius 2 is 1.85 bits per heavy atom. The molecule has 0 radical (unpaired) electrons. The van der Waals surface area contributed by atoms with E-state index in [4.69, 9.17) is 5.11 Å². The summed E-state index contributed by atoms with van der Waals surface area (Å²) in [6.07, 6.45) is 5.26. The number of aliphatic hydroxyl groups excluding tert-OH is 1. The Balaban J connectivity index is 1.53. The molecule has 1 saturated carbocycles. The van der Waals surface area contributed by atoms with Crippen LogP contribution in [0.2, 0.25) is 0 Å². The Hall–Kier alpha value is -1.88. The highest BCUT2D eigenvalue weighted by Crippen LogP contribution is 2.48. The summed E-state index contributed by atoms with van der Waals surface area (Å²) in [5.74, 6) is 0.293. The number of rotatable bonds is 4. The third-order valence-corrected chi connectivity index (χ3v) is 6.42. The Morgan fingerprint density at radius 1 is 1.15 bits per heavy atom. The molecule has 140 valence electrons. The van der Waals surface area contributed by atoms with Gasteiger partial charge in [-0.15, -0.1) is 0 Å². The molecular formula is C21H28N2O3. The van der Waals surface area contributed by atoms with Crippen LogP contribution in [0.25, 0.3) is 0 Å². The van der Waals surface area contributed by atoms with Gasteiger partial charge in [-0.3, -0.25) is 9.59 Å². The zero-order valence-corrected chi connectivity index (χ0v) is 15.3. The molecule has 2 amide bonds. The molecule has 2 aliphatic heterocycles. The molecule has 5 heteroatoms. The first kappa shape index (κ1) is 17.5. The van der Waals surface area contributed by atoms with E-state index in [2.05, 4.69) is 17.0 Å². The summed E-state index contributed by atoms with van der Waals surface area (Å²) in [5.41, 5.74) is 1.24. The number of likely N-dealkylation sites (tertiary alicyclic amines) is 2. The predicted molar refractivity (Wildman–Crippen MR) is 98.5 cm³/mol. The minimum atomic E-state index is -0.0828. The minimum absolute atomic E-state index is 0.0490. The number of carbonyl (C=O) groups is 2. The third kappa shape index (κ3) is 3.37. The molecule has 3 fully saturated rings. The summed E-state index contributed by atoms with van der Waals surface area (Å²) in [6.45, 7) is 2.25. The van der Waals surface area contributed by atoms with Gasteiger partial charge in [-0.2, -0.15) is 0 Å². The fraction of sp³-hybridized carbons (Fsp3) is 0.619. The monoisotopic (exact) mass is 356 g/mol. The fourth-order valence-corrected chi connectivity index (χ4v) is 4.71. The van der Waals surface area contributed by atoms with E-state index in [0.717, 1.165) is 57.3 Å². The van der Waals surface area contributed by atoms with Gasteiger partial charge in [0, 0.05) is 32.1 Å². The van der Waals surface area contributed by atoms with E-state index >= 15 is 0 Å². The first-order chi connectivity index (χ1) is 12.6. The highest BCUT2D eigenvalue weighted by atomic mass is 16.3. The van der Waals surface area contributed by atoms with Gasteiger partial charge in [0.1, 0.15) is 0 Å². The van der Waals surface area contributed by atoms with Gasteiger partial charge >= 0.3 is 0 Å². The lowest BCUT2D eigenvalue weighted by Crippen LogP contribution is -2.55. The lowest BCUT2D eigenvalue weighted by Gasteiger charge is -2.50. The van der Waals surface area contributed by atoms with E-state index < -0.39 is 0 Å². The largest absolute Gasteiger partial charge is 0.396 e. The van der Waals surface area contributed by atoms with Crippen LogP contribution in [0.1, 0.15) is 50.0 Å². The Kier molecular flexibility index (Phi) is 4.74. The average Bonchev–Trinajstić information content (AvgIpc) is 3.50. The third-order valence-electron chi connectivity index (χ3n) is 6.42. The molecular weight excluding hydrogens is 328 g/mol. The minimum Gasteiger partial charge on any atom is -0.396 e. The van der Waals surface area contributed by atoms with E-state index in [9.17, 15) is 9.59 Å². The first-order valence-corrected chi connectivity index (χ1v) is 9.86. The first-order valence-electron chi connectivity index (χ1n) is 9.86. The standard InChI is InChI=1S/C21H28N2O3/c24-13-8-19(25)22-11-9-21(10-12-22)14-18(16-4-2-1-3-5-16)20(26)23(15-21)17-6-7-17/h1-5,17-18,24H,6-15H2. The molecule has 26 heavy (non-hydrogen) atoms. The number of carbonyl (C=O) groups excluding carboxylic acids is 2. The molecule has 1 atom stereocenters. The summed E-state index contributed by atoms with van der Waals surface area (Å²) >= 11 is 0. The van der Waals surface area contributed by atoms with Crippen molar-refractivity contribution in [1.29, 1.82) is 0 Å². The molecule has 1 aromatic carbocycles. The summed E-state index contributed by atoms with van der Waals surface area (Å²) in [4.78, 5) is 29.2. The number of aliphatic hydroxyl groups is 1.